The second-order valence-corrected chi connectivity index (χ2v) is 6.58. The molecule has 2 aromatic heterocycles. The summed E-state index contributed by atoms with van der Waals surface area (Å²) in [6, 6.07) is 7.59. The van der Waals surface area contributed by atoms with Crippen molar-refractivity contribution in [3.05, 3.63) is 73.3 Å². The summed E-state index contributed by atoms with van der Waals surface area (Å²) in [6.45, 7) is 5.72. The van der Waals surface area contributed by atoms with Crippen molar-refractivity contribution >= 4 is 23.8 Å². The number of ether oxygens (including phenoxy) is 1. The van der Waals surface area contributed by atoms with E-state index in [0.29, 0.717) is 46.2 Å². The van der Waals surface area contributed by atoms with Gasteiger partial charge in [0.05, 0.1) is 22.7 Å². The van der Waals surface area contributed by atoms with Crippen molar-refractivity contribution in [3.63, 3.8) is 0 Å². The highest BCUT2D eigenvalue weighted by molar-refractivity contribution is 5.93. The number of carbonyl (C=O) groups excluding carboxylic acids is 1. The molecule has 0 saturated heterocycles. The molecule has 0 radical (unpaired) electrons. The number of hydrogen-bond acceptors (Lipinski definition) is 4. The van der Waals surface area contributed by atoms with Gasteiger partial charge in [0.1, 0.15) is 0 Å². The van der Waals surface area contributed by atoms with Crippen molar-refractivity contribution < 1.29 is 9.53 Å². The maximum absolute atomic E-state index is 12.3. The van der Waals surface area contributed by atoms with Crippen molar-refractivity contribution in [1.29, 1.82) is 0 Å². The molecule has 0 spiro atoms. The Morgan fingerprint density at radius 1 is 1.18 bits per heavy atom. The molecule has 7 heteroatoms. The number of carbonyl (C=O) groups is 1. The Labute approximate surface area is 161 Å². The van der Waals surface area contributed by atoms with E-state index in [9.17, 15) is 9.59 Å². The molecule has 0 aliphatic carbocycles. The number of aryl methyl sites for hydroxylation is 1. The SMILES string of the molecule is CCOC(=O)c1c(C)[nH]c(C=c2c(=O)[nH][nH]c2=CCc2ccc(N)cc2)c1C. The summed E-state index contributed by atoms with van der Waals surface area (Å²) in [5, 5.41) is 6.71. The average molecular weight is 380 g/mol. The van der Waals surface area contributed by atoms with Crippen LogP contribution in [0.25, 0.3) is 12.2 Å². The zero-order valence-electron chi connectivity index (χ0n) is 16.2. The van der Waals surface area contributed by atoms with Gasteiger partial charge in [0.25, 0.3) is 5.56 Å². The predicted octanol–water partition coefficient (Wildman–Crippen LogP) is 1.26. The number of H-pyrrole nitrogens is 3. The standard InChI is InChI=1S/C21H24N4O3/c1-4-28-21(27)19-12(2)18(23-13(19)3)11-16-17(24-25-20(16)26)10-7-14-5-8-15(22)9-6-14/h5-6,8-11,23-24H,4,7,22H2,1-3H3,(H,25,26). The monoisotopic (exact) mass is 380 g/mol. The first-order valence-corrected chi connectivity index (χ1v) is 9.10. The van der Waals surface area contributed by atoms with Gasteiger partial charge in [-0.1, -0.05) is 18.2 Å². The van der Waals surface area contributed by atoms with Gasteiger partial charge in [-0.2, -0.15) is 0 Å². The van der Waals surface area contributed by atoms with Gasteiger partial charge < -0.3 is 15.5 Å². The molecule has 1 aromatic carbocycles. The number of aromatic nitrogens is 3. The molecule has 0 atom stereocenters. The quantitative estimate of drug-likeness (QED) is 0.394. The Kier molecular flexibility index (Phi) is 5.54. The van der Waals surface area contributed by atoms with Gasteiger partial charge in [-0.15, -0.1) is 0 Å². The van der Waals surface area contributed by atoms with E-state index in [1.54, 1.807) is 13.0 Å². The Morgan fingerprint density at radius 3 is 2.57 bits per heavy atom. The molecule has 0 amide bonds. The van der Waals surface area contributed by atoms with Crippen LogP contribution in [0.3, 0.4) is 0 Å². The van der Waals surface area contributed by atoms with Crippen molar-refractivity contribution in [2.24, 2.45) is 0 Å². The molecule has 0 aliphatic heterocycles. The summed E-state index contributed by atoms with van der Waals surface area (Å²) < 4.78 is 5.12. The molecule has 146 valence electrons. The van der Waals surface area contributed by atoms with Crippen molar-refractivity contribution in [2.75, 3.05) is 12.3 Å². The van der Waals surface area contributed by atoms with E-state index in [-0.39, 0.29) is 11.5 Å². The van der Waals surface area contributed by atoms with Crippen LogP contribution in [-0.4, -0.2) is 27.8 Å². The highest BCUT2D eigenvalue weighted by Gasteiger charge is 2.18. The van der Waals surface area contributed by atoms with Crippen molar-refractivity contribution in [3.8, 4) is 0 Å². The number of aromatic amines is 3. The molecule has 7 nitrogen and oxygen atoms in total. The molecular weight excluding hydrogens is 356 g/mol. The second kappa shape index (κ2) is 8.04. The molecule has 0 saturated carbocycles. The highest BCUT2D eigenvalue weighted by Crippen LogP contribution is 2.19. The Balaban J connectivity index is 2.02. The van der Waals surface area contributed by atoms with E-state index in [1.165, 1.54) is 0 Å². The molecule has 3 rings (SSSR count). The molecule has 0 unspecified atom stereocenters. The van der Waals surface area contributed by atoms with Gasteiger partial charge in [0, 0.05) is 17.1 Å². The summed E-state index contributed by atoms with van der Waals surface area (Å²) in [6.07, 6.45) is 4.33. The first-order valence-electron chi connectivity index (χ1n) is 9.10. The Bertz CT molecular complexity index is 1160. The minimum Gasteiger partial charge on any atom is -0.462 e. The molecule has 0 aliphatic rings. The fraction of sp³-hybridized carbons (Fsp3) is 0.238. The third kappa shape index (κ3) is 3.93. The van der Waals surface area contributed by atoms with Gasteiger partial charge in [-0.05, 0) is 56.5 Å². The lowest BCUT2D eigenvalue weighted by atomic mass is 10.1. The van der Waals surface area contributed by atoms with Crippen molar-refractivity contribution in [2.45, 2.75) is 27.2 Å². The molecule has 0 bridgehead atoms. The van der Waals surface area contributed by atoms with Crippen LogP contribution in [0.5, 0.6) is 0 Å². The molecule has 0 fully saturated rings. The third-order valence-electron chi connectivity index (χ3n) is 4.61. The number of nitrogens with one attached hydrogen (secondary N) is 3. The molecular formula is C21H24N4O3. The van der Waals surface area contributed by atoms with Gasteiger partial charge in [0.15, 0.2) is 0 Å². The lowest BCUT2D eigenvalue weighted by Crippen LogP contribution is -2.33. The van der Waals surface area contributed by atoms with Crippen LogP contribution in [0.4, 0.5) is 5.69 Å². The van der Waals surface area contributed by atoms with E-state index in [4.69, 9.17) is 10.5 Å². The minimum atomic E-state index is -0.369. The maximum atomic E-state index is 12.3. The van der Waals surface area contributed by atoms with E-state index in [2.05, 4.69) is 15.2 Å². The highest BCUT2D eigenvalue weighted by atomic mass is 16.5. The van der Waals surface area contributed by atoms with Crippen LogP contribution >= 0.6 is 0 Å². The smallest absolute Gasteiger partial charge is 0.340 e. The number of anilines is 1. The van der Waals surface area contributed by atoms with Gasteiger partial charge >= 0.3 is 5.97 Å². The number of nitrogen functional groups attached to an aromatic ring is 1. The summed E-state index contributed by atoms with van der Waals surface area (Å²) in [5.41, 5.74) is 9.95. The summed E-state index contributed by atoms with van der Waals surface area (Å²) in [4.78, 5) is 27.6. The lowest BCUT2D eigenvalue weighted by Gasteiger charge is -2.01. The lowest BCUT2D eigenvalue weighted by molar-refractivity contribution is 0.0525. The average Bonchev–Trinajstić information content (AvgIpc) is 3.14. The number of hydrogen-bond donors (Lipinski definition) is 4. The number of benzene rings is 1. The maximum Gasteiger partial charge on any atom is 0.340 e. The molecule has 3 aromatic rings. The van der Waals surface area contributed by atoms with Crippen LogP contribution in [0.1, 0.15) is 39.8 Å². The summed E-state index contributed by atoms with van der Waals surface area (Å²) >= 11 is 0. The summed E-state index contributed by atoms with van der Waals surface area (Å²) in [7, 11) is 0. The van der Waals surface area contributed by atoms with E-state index < -0.39 is 0 Å². The molecule has 5 N–H and O–H groups in total. The predicted molar refractivity (Wildman–Crippen MR) is 109 cm³/mol. The largest absolute Gasteiger partial charge is 0.462 e. The normalized spacial score (nSPS) is 12.5. The zero-order chi connectivity index (χ0) is 20.3. The number of rotatable bonds is 5. The third-order valence-corrected chi connectivity index (χ3v) is 4.61. The topological polar surface area (TPSA) is 117 Å². The van der Waals surface area contributed by atoms with E-state index >= 15 is 0 Å². The van der Waals surface area contributed by atoms with Crippen LogP contribution < -0.4 is 21.9 Å². The first-order chi connectivity index (χ1) is 13.4. The Morgan fingerprint density at radius 2 is 1.89 bits per heavy atom. The first kappa shape index (κ1) is 19.3. The fourth-order valence-electron chi connectivity index (χ4n) is 3.13. The van der Waals surface area contributed by atoms with Gasteiger partial charge in [-0.3, -0.25) is 15.0 Å². The fourth-order valence-corrected chi connectivity index (χ4v) is 3.13. The summed E-state index contributed by atoms with van der Waals surface area (Å²) in [5.74, 6) is -0.369. The van der Waals surface area contributed by atoms with Crippen LogP contribution in [0.15, 0.2) is 29.1 Å². The zero-order valence-corrected chi connectivity index (χ0v) is 16.2. The van der Waals surface area contributed by atoms with E-state index in [1.807, 2.05) is 44.2 Å². The second-order valence-electron chi connectivity index (χ2n) is 6.58. The molecule has 2 heterocycles. The minimum absolute atomic E-state index is 0.229. The van der Waals surface area contributed by atoms with Crippen LogP contribution in [0, 0.1) is 13.8 Å². The van der Waals surface area contributed by atoms with Gasteiger partial charge in [-0.25, -0.2) is 4.79 Å². The van der Waals surface area contributed by atoms with Crippen LogP contribution in [-0.2, 0) is 11.2 Å². The number of esters is 1. The Hall–Kier alpha value is -3.48. The number of nitrogens with two attached hydrogens (primary N) is 1. The molecule has 28 heavy (non-hydrogen) atoms. The van der Waals surface area contributed by atoms with Crippen LogP contribution in [0.2, 0.25) is 0 Å². The van der Waals surface area contributed by atoms with Crippen molar-refractivity contribution in [1.82, 2.24) is 15.2 Å². The van der Waals surface area contributed by atoms with Gasteiger partial charge in [0.2, 0.25) is 0 Å². The van der Waals surface area contributed by atoms with E-state index in [0.717, 1.165) is 11.1 Å².